The SMILES string of the molecule is Cc1cc(F)cc(CC#N)c1[N+](=O)[O-]. The second kappa shape index (κ2) is 3.83. The Morgan fingerprint density at radius 3 is 2.79 bits per heavy atom. The number of hydrogen-bond acceptors (Lipinski definition) is 3. The van der Waals surface area contributed by atoms with Gasteiger partial charge in [-0.2, -0.15) is 5.26 Å². The summed E-state index contributed by atoms with van der Waals surface area (Å²) < 4.78 is 12.9. The van der Waals surface area contributed by atoms with Crippen LogP contribution in [0.3, 0.4) is 0 Å². The predicted molar refractivity (Wildman–Crippen MR) is 47.1 cm³/mol. The number of nitrogens with zero attached hydrogens (tertiary/aromatic N) is 2. The van der Waals surface area contributed by atoms with Gasteiger partial charge in [-0.05, 0) is 19.1 Å². The van der Waals surface area contributed by atoms with E-state index in [1.165, 1.54) is 6.92 Å². The first-order chi connectivity index (χ1) is 6.56. The number of aryl methyl sites for hydroxylation is 1. The summed E-state index contributed by atoms with van der Waals surface area (Å²) in [6, 6.07) is 3.87. The van der Waals surface area contributed by atoms with Gasteiger partial charge >= 0.3 is 0 Å². The quantitative estimate of drug-likeness (QED) is 0.534. The Hall–Kier alpha value is -1.96. The van der Waals surface area contributed by atoms with Crippen LogP contribution in [-0.4, -0.2) is 4.92 Å². The predicted octanol–water partition coefficient (Wildman–Crippen LogP) is 2.11. The molecule has 0 spiro atoms. The molecule has 0 aliphatic carbocycles. The van der Waals surface area contributed by atoms with Crippen molar-refractivity contribution in [3.8, 4) is 6.07 Å². The van der Waals surface area contributed by atoms with Crippen LogP contribution in [0.5, 0.6) is 0 Å². The van der Waals surface area contributed by atoms with Crippen molar-refractivity contribution < 1.29 is 9.31 Å². The van der Waals surface area contributed by atoms with Crippen LogP contribution in [0.1, 0.15) is 11.1 Å². The number of halogens is 1. The second-order valence-corrected chi connectivity index (χ2v) is 2.82. The second-order valence-electron chi connectivity index (χ2n) is 2.82. The van der Waals surface area contributed by atoms with Gasteiger partial charge in [0.1, 0.15) is 5.82 Å². The molecular weight excluding hydrogens is 187 g/mol. The van der Waals surface area contributed by atoms with Gasteiger partial charge in [-0.3, -0.25) is 10.1 Å². The first-order valence-corrected chi connectivity index (χ1v) is 3.86. The summed E-state index contributed by atoms with van der Waals surface area (Å²) in [7, 11) is 0. The summed E-state index contributed by atoms with van der Waals surface area (Å²) in [5.41, 5.74) is 0.184. The van der Waals surface area contributed by atoms with Gasteiger partial charge in [0.05, 0.1) is 17.4 Å². The average Bonchev–Trinajstić information content (AvgIpc) is 2.01. The van der Waals surface area contributed by atoms with E-state index in [2.05, 4.69) is 0 Å². The number of benzene rings is 1. The lowest BCUT2D eigenvalue weighted by molar-refractivity contribution is -0.386. The topological polar surface area (TPSA) is 66.9 Å². The van der Waals surface area contributed by atoms with E-state index in [4.69, 9.17) is 5.26 Å². The highest BCUT2D eigenvalue weighted by Crippen LogP contribution is 2.24. The molecule has 1 aromatic carbocycles. The van der Waals surface area contributed by atoms with Crippen molar-refractivity contribution in [1.29, 1.82) is 5.26 Å². The van der Waals surface area contributed by atoms with Crippen LogP contribution in [-0.2, 0) is 6.42 Å². The van der Waals surface area contributed by atoms with Crippen molar-refractivity contribution in [3.63, 3.8) is 0 Å². The van der Waals surface area contributed by atoms with Crippen molar-refractivity contribution in [2.45, 2.75) is 13.3 Å². The summed E-state index contributed by atoms with van der Waals surface area (Å²) in [5, 5.41) is 19.0. The van der Waals surface area contributed by atoms with Crippen molar-refractivity contribution >= 4 is 5.69 Å². The van der Waals surface area contributed by atoms with E-state index < -0.39 is 10.7 Å². The van der Waals surface area contributed by atoms with Crippen molar-refractivity contribution in [3.05, 3.63) is 39.2 Å². The Balaban J connectivity index is 3.38. The Morgan fingerprint density at radius 2 is 2.29 bits per heavy atom. The molecule has 72 valence electrons. The van der Waals surface area contributed by atoms with Crippen molar-refractivity contribution in [1.82, 2.24) is 0 Å². The standard InChI is InChI=1S/C9H7FN2O2/c1-6-4-8(10)5-7(2-3-11)9(6)12(13)14/h4-5H,2H2,1H3. The molecule has 14 heavy (non-hydrogen) atoms. The van der Waals surface area contributed by atoms with E-state index in [9.17, 15) is 14.5 Å². The molecule has 0 aliphatic heterocycles. The van der Waals surface area contributed by atoms with Gasteiger partial charge in [0.15, 0.2) is 0 Å². The number of hydrogen-bond donors (Lipinski definition) is 0. The molecule has 0 N–H and O–H groups in total. The number of rotatable bonds is 2. The Kier molecular flexibility index (Phi) is 2.77. The van der Waals surface area contributed by atoms with Crippen LogP contribution in [0.2, 0.25) is 0 Å². The smallest absolute Gasteiger partial charge is 0.258 e. The van der Waals surface area contributed by atoms with Gasteiger partial charge < -0.3 is 0 Å². The first kappa shape index (κ1) is 10.1. The van der Waals surface area contributed by atoms with E-state index in [1.807, 2.05) is 0 Å². The van der Waals surface area contributed by atoms with Crippen LogP contribution in [0.15, 0.2) is 12.1 Å². The zero-order valence-electron chi connectivity index (χ0n) is 7.45. The third-order valence-corrected chi connectivity index (χ3v) is 1.80. The summed E-state index contributed by atoms with van der Waals surface area (Å²) in [6.45, 7) is 1.45. The highest BCUT2D eigenvalue weighted by Gasteiger charge is 2.18. The monoisotopic (exact) mass is 194 g/mol. The van der Waals surface area contributed by atoms with Gasteiger partial charge in [0.25, 0.3) is 5.69 Å². The maximum Gasteiger partial charge on any atom is 0.276 e. The van der Waals surface area contributed by atoms with Crippen molar-refractivity contribution in [2.24, 2.45) is 0 Å². The van der Waals surface area contributed by atoms with Crippen LogP contribution in [0.4, 0.5) is 10.1 Å². The lowest BCUT2D eigenvalue weighted by atomic mass is 10.1. The lowest BCUT2D eigenvalue weighted by Crippen LogP contribution is -1.98. The fourth-order valence-corrected chi connectivity index (χ4v) is 1.29. The average molecular weight is 194 g/mol. The largest absolute Gasteiger partial charge is 0.276 e. The molecule has 0 saturated heterocycles. The Bertz CT molecular complexity index is 424. The van der Waals surface area contributed by atoms with E-state index in [0.29, 0.717) is 0 Å². The highest BCUT2D eigenvalue weighted by atomic mass is 19.1. The Morgan fingerprint density at radius 1 is 1.64 bits per heavy atom. The molecule has 0 heterocycles. The molecule has 0 amide bonds. The van der Waals surface area contributed by atoms with Gasteiger partial charge in [-0.25, -0.2) is 4.39 Å². The van der Waals surface area contributed by atoms with Crippen LogP contribution in [0.25, 0.3) is 0 Å². The van der Waals surface area contributed by atoms with E-state index in [1.54, 1.807) is 6.07 Å². The normalized spacial score (nSPS) is 9.50. The van der Waals surface area contributed by atoms with Crippen LogP contribution < -0.4 is 0 Å². The van der Waals surface area contributed by atoms with Gasteiger partial charge in [-0.15, -0.1) is 0 Å². The molecular formula is C9H7FN2O2. The minimum absolute atomic E-state index is 0.120. The van der Waals surface area contributed by atoms with Gasteiger partial charge in [-0.1, -0.05) is 0 Å². The minimum atomic E-state index is -0.596. The fourth-order valence-electron chi connectivity index (χ4n) is 1.29. The Labute approximate surface area is 79.7 Å². The third-order valence-electron chi connectivity index (χ3n) is 1.80. The highest BCUT2D eigenvalue weighted by molar-refractivity contribution is 5.48. The zero-order chi connectivity index (χ0) is 10.7. The molecule has 0 fully saturated rings. The van der Waals surface area contributed by atoms with E-state index in [0.717, 1.165) is 12.1 Å². The molecule has 0 bridgehead atoms. The number of nitro groups is 1. The summed E-state index contributed by atoms with van der Waals surface area (Å²) >= 11 is 0. The first-order valence-electron chi connectivity index (χ1n) is 3.86. The zero-order valence-corrected chi connectivity index (χ0v) is 7.45. The van der Waals surface area contributed by atoms with Gasteiger partial charge in [0.2, 0.25) is 0 Å². The number of nitro benzene ring substituents is 1. The maximum atomic E-state index is 12.9. The van der Waals surface area contributed by atoms with Crippen LogP contribution in [0, 0.1) is 34.2 Å². The molecule has 5 heteroatoms. The number of nitriles is 1. The maximum absolute atomic E-state index is 12.9. The molecule has 4 nitrogen and oxygen atoms in total. The third kappa shape index (κ3) is 1.85. The van der Waals surface area contributed by atoms with E-state index in [-0.39, 0.29) is 23.2 Å². The molecule has 0 unspecified atom stereocenters. The molecule has 0 saturated carbocycles. The molecule has 0 aliphatic rings. The summed E-state index contributed by atoms with van der Waals surface area (Å²) in [4.78, 5) is 10.0. The van der Waals surface area contributed by atoms with E-state index >= 15 is 0 Å². The fraction of sp³-hybridized carbons (Fsp3) is 0.222. The van der Waals surface area contributed by atoms with Gasteiger partial charge in [0, 0.05) is 11.1 Å². The summed E-state index contributed by atoms with van der Waals surface area (Å²) in [6.07, 6.45) is -0.158. The molecule has 1 aromatic rings. The molecule has 1 rings (SSSR count). The molecule has 0 radical (unpaired) electrons. The molecule has 0 atom stereocenters. The van der Waals surface area contributed by atoms with Crippen molar-refractivity contribution in [2.75, 3.05) is 0 Å². The lowest BCUT2D eigenvalue weighted by Gasteiger charge is -2.01. The summed E-state index contributed by atoms with van der Waals surface area (Å²) in [5.74, 6) is -0.557. The molecule has 0 aromatic heterocycles. The minimum Gasteiger partial charge on any atom is -0.258 e. The van der Waals surface area contributed by atoms with Crippen LogP contribution >= 0.6 is 0 Å².